The molecule has 0 spiro atoms. The topological polar surface area (TPSA) is 57.5 Å². The van der Waals surface area contributed by atoms with Crippen molar-refractivity contribution in [2.75, 3.05) is 6.61 Å². The van der Waals surface area contributed by atoms with Crippen molar-refractivity contribution in [1.82, 2.24) is 0 Å². The van der Waals surface area contributed by atoms with Gasteiger partial charge in [-0.15, -0.1) is 0 Å². The summed E-state index contributed by atoms with van der Waals surface area (Å²) in [6, 6.07) is 5.38. The van der Waals surface area contributed by atoms with E-state index in [1.165, 1.54) is 0 Å². The van der Waals surface area contributed by atoms with Crippen molar-refractivity contribution in [3.05, 3.63) is 34.9 Å². The Morgan fingerprint density at radius 1 is 1.43 bits per heavy atom. The lowest BCUT2D eigenvalue weighted by Gasteiger charge is -2.04. The molecule has 0 radical (unpaired) electrons. The predicted molar refractivity (Wildman–Crippen MR) is 53.5 cm³/mol. The fraction of sp³-hybridized carbons (Fsp3) is 0.364. The number of carboxylic acid groups (broad SMARTS) is 1. The van der Waals surface area contributed by atoms with E-state index in [4.69, 9.17) is 10.2 Å². The van der Waals surface area contributed by atoms with Gasteiger partial charge in [-0.25, -0.2) is 4.79 Å². The van der Waals surface area contributed by atoms with Crippen molar-refractivity contribution in [2.45, 2.75) is 19.8 Å². The Morgan fingerprint density at radius 2 is 2.14 bits per heavy atom. The average molecular weight is 194 g/mol. The van der Waals surface area contributed by atoms with Crippen LogP contribution in [0.15, 0.2) is 18.2 Å². The quantitative estimate of drug-likeness (QED) is 0.765. The molecule has 0 aliphatic heterocycles. The summed E-state index contributed by atoms with van der Waals surface area (Å²) in [5, 5.41) is 17.5. The molecular weight excluding hydrogens is 180 g/mol. The van der Waals surface area contributed by atoms with Crippen LogP contribution >= 0.6 is 0 Å². The first-order valence-corrected chi connectivity index (χ1v) is 4.59. The third kappa shape index (κ3) is 2.57. The van der Waals surface area contributed by atoms with Crippen LogP contribution in [-0.4, -0.2) is 22.8 Å². The van der Waals surface area contributed by atoms with Crippen molar-refractivity contribution in [1.29, 1.82) is 0 Å². The number of aromatic carboxylic acids is 1. The van der Waals surface area contributed by atoms with Crippen molar-refractivity contribution < 1.29 is 15.0 Å². The van der Waals surface area contributed by atoms with Gasteiger partial charge in [0.25, 0.3) is 0 Å². The van der Waals surface area contributed by atoms with Gasteiger partial charge in [0.1, 0.15) is 0 Å². The van der Waals surface area contributed by atoms with Crippen molar-refractivity contribution in [3.63, 3.8) is 0 Å². The zero-order chi connectivity index (χ0) is 10.6. The Labute approximate surface area is 83.0 Å². The molecule has 0 fully saturated rings. The molecule has 0 saturated heterocycles. The highest BCUT2D eigenvalue weighted by molar-refractivity contribution is 5.89. The maximum absolute atomic E-state index is 10.8. The van der Waals surface area contributed by atoms with E-state index in [0.29, 0.717) is 12.0 Å². The molecule has 3 heteroatoms. The molecule has 2 N–H and O–H groups in total. The van der Waals surface area contributed by atoms with E-state index in [0.717, 1.165) is 17.5 Å². The van der Waals surface area contributed by atoms with Gasteiger partial charge in [-0.1, -0.05) is 12.1 Å². The molecule has 3 nitrogen and oxygen atoms in total. The number of hydrogen-bond acceptors (Lipinski definition) is 2. The molecule has 0 amide bonds. The number of aryl methyl sites for hydroxylation is 2. The van der Waals surface area contributed by atoms with Crippen LogP contribution in [-0.2, 0) is 6.42 Å². The fourth-order valence-electron chi connectivity index (χ4n) is 1.34. The molecule has 1 aromatic rings. The van der Waals surface area contributed by atoms with Gasteiger partial charge in [-0.3, -0.25) is 0 Å². The van der Waals surface area contributed by atoms with Crippen LogP contribution in [0.4, 0.5) is 0 Å². The Bertz CT molecular complexity index is 331. The van der Waals surface area contributed by atoms with Crippen LogP contribution in [0.2, 0.25) is 0 Å². The predicted octanol–water partition coefficient (Wildman–Crippen LogP) is 1.62. The van der Waals surface area contributed by atoms with Crippen LogP contribution in [0.1, 0.15) is 27.9 Å². The first-order valence-electron chi connectivity index (χ1n) is 4.59. The summed E-state index contributed by atoms with van der Waals surface area (Å²) in [7, 11) is 0. The van der Waals surface area contributed by atoms with E-state index < -0.39 is 5.97 Å². The molecule has 0 aromatic heterocycles. The molecule has 0 aliphatic carbocycles. The lowest BCUT2D eigenvalue weighted by molar-refractivity contribution is 0.0696. The maximum atomic E-state index is 10.8. The van der Waals surface area contributed by atoms with E-state index in [1.807, 2.05) is 6.07 Å². The number of carboxylic acids is 1. The molecule has 14 heavy (non-hydrogen) atoms. The van der Waals surface area contributed by atoms with Gasteiger partial charge in [-0.05, 0) is 37.0 Å². The third-order valence-corrected chi connectivity index (χ3v) is 2.16. The van der Waals surface area contributed by atoms with Gasteiger partial charge in [-0.2, -0.15) is 0 Å². The number of rotatable bonds is 4. The SMILES string of the molecule is Cc1ccc(CCCO)cc1C(=O)O. The van der Waals surface area contributed by atoms with E-state index in [2.05, 4.69) is 0 Å². The van der Waals surface area contributed by atoms with E-state index >= 15 is 0 Å². The van der Waals surface area contributed by atoms with Crippen LogP contribution in [0.3, 0.4) is 0 Å². The number of benzene rings is 1. The molecule has 1 rings (SSSR count). The number of hydrogen-bond donors (Lipinski definition) is 2. The molecule has 0 unspecified atom stereocenters. The second-order valence-corrected chi connectivity index (χ2v) is 3.28. The minimum atomic E-state index is -0.895. The zero-order valence-corrected chi connectivity index (χ0v) is 8.16. The Hall–Kier alpha value is -1.35. The smallest absolute Gasteiger partial charge is 0.335 e. The summed E-state index contributed by atoms with van der Waals surface area (Å²) in [4.78, 5) is 10.8. The number of aliphatic hydroxyl groups is 1. The standard InChI is InChI=1S/C11H14O3/c1-8-4-5-9(3-2-6-12)7-10(8)11(13)14/h4-5,7,12H,2-3,6H2,1H3,(H,13,14). The molecule has 0 heterocycles. The Kier molecular flexibility index (Phi) is 3.65. The van der Waals surface area contributed by atoms with Gasteiger partial charge < -0.3 is 10.2 Å². The lowest BCUT2D eigenvalue weighted by Crippen LogP contribution is -2.01. The van der Waals surface area contributed by atoms with Crippen molar-refractivity contribution >= 4 is 5.97 Å². The van der Waals surface area contributed by atoms with Crippen LogP contribution in [0.25, 0.3) is 0 Å². The summed E-state index contributed by atoms with van der Waals surface area (Å²) in [5.74, 6) is -0.895. The molecule has 0 atom stereocenters. The second kappa shape index (κ2) is 4.77. The summed E-state index contributed by atoms with van der Waals surface area (Å²) in [6.07, 6.45) is 1.39. The largest absolute Gasteiger partial charge is 0.478 e. The molecule has 0 bridgehead atoms. The molecule has 0 aliphatic rings. The first-order chi connectivity index (χ1) is 6.65. The van der Waals surface area contributed by atoms with Gasteiger partial charge >= 0.3 is 5.97 Å². The highest BCUT2D eigenvalue weighted by Crippen LogP contribution is 2.12. The Balaban J connectivity index is 2.89. The molecule has 1 aromatic carbocycles. The van der Waals surface area contributed by atoms with Crippen molar-refractivity contribution in [2.24, 2.45) is 0 Å². The summed E-state index contributed by atoms with van der Waals surface area (Å²) >= 11 is 0. The van der Waals surface area contributed by atoms with Crippen LogP contribution in [0.5, 0.6) is 0 Å². The number of aliphatic hydroxyl groups excluding tert-OH is 1. The highest BCUT2D eigenvalue weighted by Gasteiger charge is 2.07. The minimum Gasteiger partial charge on any atom is -0.478 e. The molecule has 76 valence electrons. The second-order valence-electron chi connectivity index (χ2n) is 3.28. The zero-order valence-electron chi connectivity index (χ0n) is 8.16. The van der Waals surface area contributed by atoms with E-state index in [1.54, 1.807) is 19.1 Å². The van der Waals surface area contributed by atoms with Crippen LogP contribution in [0, 0.1) is 6.92 Å². The maximum Gasteiger partial charge on any atom is 0.335 e. The van der Waals surface area contributed by atoms with Gasteiger partial charge in [0, 0.05) is 6.61 Å². The Morgan fingerprint density at radius 3 is 2.71 bits per heavy atom. The van der Waals surface area contributed by atoms with E-state index in [9.17, 15) is 4.79 Å². The summed E-state index contributed by atoms with van der Waals surface area (Å²) in [6.45, 7) is 1.91. The van der Waals surface area contributed by atoms with Crippen molar-refractivity contribution in [3.8, 4) is 0 Å². The summed E-state index contributed by atoms with van der Waals surface area (Å²) < 4.78 is 0. The normalized spacial score (nSPS) is 10.1. The molecule has 0 saturated carbocycles. The number of carbonyl (C=O) groups is 1. The van der Waals surface area contributed by atoms with E-state index in [-0.39, 0.29) is 6.61 Å². The first kappa shape index (κ1) is 10.7. The van der Waals surface area contributed by atoms with Gasteiger partial charge in [0.15, 0.2) is 0 Å². The van der Waals surface area contributed by atoms with Crippen LogP contribution < -0.4 is 0 Å². The monoisotopic (exact) mass is 194 g/mol. The molecular formula is C11H14O3. The fourth-order valence-corrected chi connectivity index (χ4v) is 1.34. The lowest BCUT2D eigenvalue weighted by atomic mass is 10.0. The average Bonchev–Trinajstić information content (AvgIpc) is 2.16. The van der Waals surface area contributed by atoms with Gasteiger partial charge in [0.2, 0.25) is 0 Å². The minimum absolute atomic E-state index is 0.135. The summed E-state index contributed by atoms with van der Waals surface area (Å²) in [5.41, 5.74) is 2.08. The highest BCUT2D eigenvalue weighted by atomic mass is 16.4. The third-order valence-electron chi connectivity index (χ3n) is 2.16. The van der Waals surface area contributed by atoms with Gasteiger partial charge in [0.05, 0.1) is 5.56 Å².